The number of carbonyl (C=O) groups excluding carboxylic acids is 1. The molecule has 1 aliphatic rings. The molecule has 96 valence electrons. The van der Waals surface area contributed by atoms with E-state index in [-0.39, 0.29) is 18.3 Å². The third-order valence-electron chi connectivity index (χ3n) is 3.25. The fraction of sp³-hybridized carbons (Fsp3) is 0.417. The number of hydrogen-bond acceptors (Lipinski definition) is 5. The van der Waals surface area contributed by atoms with E-state index in [9.17, 15) is 20.0 Å². The molecule has 18 heavy (non-hydrogen) atoms. The van der Waals surface area contributed by atoms with E-state index >= 15 is 0 Å². The highest BCUT2D eigenvalue weighted by molar-refractivity contribution is 5.86. The van der Waals surface area contributed by atoms with Crippen molar-refractivity contribution in [2.45, 2.75) is 18.9 Å². The molecule has 0 bridgehead atoms. The van der Waals surface area contributed by atoms with E-state index in [0.717, 1.165) is 19.4 Å². The molecule has 1 aromatic carbocycles. The first-order chi connectivity index (χ1) is 8.67. The smallest absolute Gasteiger partial charge is 0.270 e. The number of benzene rings is 1. The third-order valence-corrected chi connectivity index (χ3v) is 3.25. The highest BCUT2D eigenvalue weighted by Gasteiger charge is 2.26. The topological polar surface area (TPSA) is 83.7 Å². The molecule has 2 rings (SSSR count). The Morgan fingerprint density at radius 2 is 2.33 bits per heavy atom. The summed E-state index contributed by atoms with van der Waals surface area (Å²) < 4.78 is 0. The standard InChI is InChI=1S/C12H14N2O4/c15-7-9-6-10(14(17)18)3-4-12(9)13-5-1-2-11(13)8-16/h3-4,6-7,11,16H,1-2,5,8H2. The lowest BCUT2D eigenvalue weighted by Crippen LogP contribution is -2.32. The molecule has 1 atom stereocenters. The molecule has 0 spiro atoms. The lowest BCUT2D eigenvalue weighted by atomic mass is 10.1. The highest BCUT2D eigenvalue weighted by Crippen LogP contribution is 2.30. The number of non-ortho nitro benzene ring substituents is 1. The Kier molecular flexibility index (Phi) is 3.57. The molecule has 0 amide bonds. The van der Waals surface area contributed by atoms with Crippen LogP contribution in [0.4, 0.5) is 11.4 Å². The number of aldehydes is 1. The summed E-state index contributed by atoms with van der Waals surface area (Å²) in [4.78, 5) is 23.1. The first-order valence-electron chi connectivity index (χ1n) is 5.78. The van der Waals surface area contributed by atoms with Crippen molar-refractivity contribution in [3.63, 3.8) is 0 Å². The Morgan fingerprint density at radius 3 is 2.94 bits per heavy atom. The first kappa shape index (κ1) is 12.5. The molecule has 1 unspecified atom stereocenters. The summed E-state index contributed by atoms with van der Waals surface area (Å²) in [7, 11) is 0. The van der Waals surface area contributed by atoms with E-state index in [2.05, 4.69) is 0 Å². The Labute approximate surface area is 104 Å². The van der Waals surface area contributed by atoms with Crippen molar-refractivity contribution in [1.29, 1.82) is 0 Å². The van der Waals surface area contributed by atoms with E-state index in [1.165, 1.54) is 12.1 Å². The maximum atomic E-state index is 11.0. The van der Waals surface area contributed by atoms with Gasteiger partial charge in [-0.1, -0.05) is 0 Å². The number of nitrogens with zero attached hydrogens (tertiary/aromatic N) is 2. The maximum absolute atomic E-state index is 11.0. The van der Waals surface area contributed by atoms with Crippen molar-refractivity contribution < 1.29 is 14.8 Å². The van der Waals surface area contributed by atoms with Crippen LogP contribution in [0.3, 0.4) is 0 Å². The average molecular weight is 250 g/mol. The largest absolute Gasteiger partial charge is 0.394 e. The quantitative estimate of drug-likeness (QED) is 0.495. The van der Waals surface area contributed by atoms with Crippen molar-refractivity contribution in [3.8, 4) is 0 Å². The van der Waals surface area contributed by atoms with Crippen molar-refractivity contribution >= 4 is 17.7 Å². The van der Waals surface area contributed by atoms with Crippen LogP contribution in [0, 0.1) is 10.1 Å². The van der Waals surface area contributed by atoms with Gasteiger partial charge in [0.2, 0.25) is 0 Å². The Balaban J connectivity index is 2.38. The van der Waals surface area contributed by atoms with Gasteiger partial charge in [-0.3, -0.25) is 14.9 Å². The molecule has 0 saturated carbocycles. The third kappa shape index (κ3) is 2.19. The van der Waals surface area contributed by atoms with Crippen molar-refractivity contribution in [2.75, 3.05) is 18.1 Å². The number of rotatable bonds is 4. The minimum atomic E-state index is -0.524. The van der Waals surface area contributed by atoms with Gasteiger partial charge in [0.25, 0.3) is 5.69 Å². The summed E-state index contributed by atoms with van der Waals surface area (Å²) in [6.07, 6.45) is 2.43. The van der Waals surface area contributed by atoms with Crippen LogP contribution < -0.4 is 4.90 Å². The molecule has 1 fully saturated rings. The molecule has 1 N–H and O–H groups in total. The fourth-order valence-corrected chi connectivity index (χ4v) is 2.35. The molecule has 1 aromatic rings. The summed E-state index contributed by atoms with van der Waals surface area (Å²) >= 11 is 0. The molecule has 6 heteroatoms. The zero-order valence-electron chi connectivity index (χ0n) is 9.78. The van der Waals surface area contributed by atoms with Crippen molar-refractivity contribution in [1.82, 2.24) is 0 Å². The van der Waals surface area contributed by atoms with Crippen LogP contribution in [-0.2, 0) is 0 Å². The van der Waals surface area contributed by atoms with Gasteiger partial charge in [-0.2, -0.15) is 0 Å². The molecule has 1 aliphatic heterocycles. The van der Waals surface area contributed by atoms with Gasteiger partial charge in [0, 0.05) is 29.9 Å². The van der Waals surface area contributed by atoms with Gasteiger partial charge in [-0.05, 0) is 18.9 Å². The van der Waals surface area contributed by atoms with Crippen LogP contribution in [-0.4, -0.2) is 35.5 Å². The maximum Gasteiger partial charge on any atom is 0.270 e. The number of hydrogen-bond donors (Lipinski definition) is 1. The van der Waals surface area contributed by atoms with Gasteiger partial charge in [-0.25, -0.2) is 0 Å². The number of anilines is 1. The van der Waals surface area contributed by atoms with Gasteiger partial charge in [-0.15, -0.1) is 0 Å². The van der Waals surface area contributed by atoms with Gasteiger partial charge < -0.3 is 10.0 Å². The number of carbonyl (C=O) groups is 1. The van der Waals surface area contributed by atoms with E-state index in [4.69, 9.17) is 0 Å². The number of nitro groups is 1. The normalized spacial score (nSPS) is 18.9. The monoisotopic (exact) mass is 250 g/mol. The molecule has 0 radical (unpaired) electrons. The van der Waals surface area contributed by atoms with Gasteiger partial charge in [0.15, 0.2) is 6.29 Å². The van der Waals surface area contributed by atoms with Crippen LogP contribution in [0.2, 0.25) is 0 Å². The second-order valence-corrected chi connectivity index (χ2v) is 4.29. The summed E-state index contributed by atoms with van der Waals surface area (Å²) in [6, 6.07) is 4.23. The van der Waals surface area contributed by atoms with Crippen LogP contribution in [0.5, 0.6) is 0 Å². The lowest BCUT2D eigenvalue weighted by molar-refractivity contribution is -0.384. The van der Waals surface area contributed by atoms with Crippen molar-refractivity contribution in [2.24, 2.45) is 0 Å². The fourth-order valence-electron chi connectivity index (χ4n) is 2.35. The van der Waals surface area contributed by atoms with Gasteiger partial charge in [0.05, 0.1) is 17.6 Å². The minimum Gasteiger partial charge on any atom is -0.394 e. The zero-order valence-corrected chi connectivity index (χ0v) is 9.78. The average Bonchev–Trinajstić information content (AvgIpc) is 2.85. The van der Waals surface area contributed by atoms with Crippen LogP contribution in [0.15, 0.2) is 18.2 Å². The lowest BCUT2D eigenvalue weighted by Gasteiger charge is -2.26. The predicted octanol–water partition coefficient (Wildman–Crippen LogP) is 1.37. The van der Waals surface area contributed by atoms with E-state index in [0.29, 0.717) is 17.5 Å². The molecule has 1 heterocycles. The number of aliphatic hydroxyl groups is 1. The molecular weight excluding hydrogens is 236 g/mol. The summed E-state index contributed by atoms with van der Waals surface area (Å²) in [6.45, 7) is 0.777. The SMILES string of the molecule is O=Cc1cc([N+](=O)[O-])ccc1N1CCCC1CO. The van der Waals surface area contributed by atoms with E-state index in [1.54, 1.807) is 6.07 Å². The number of aliphatic hydroxyl groups excluding tert-OH is 1. The minimum absolute atomic E-state index is 0.00911. The molecular formula is C12H14N2O4. The Bertz CT molecular complexity index is 475. The molecule has 1 saturated heterocycles. The zero-order chi connectivity index (χ0) is 13.1. The van der Waals surface area contributed by atoms with Crippen LogP contribution in [0.1, 0.15) is 23.2 Å². The Hall–Kier alpha value is -1.95. The first-order valence-corrected chi connectivity index (χ1v) is 5.78. The molecule has 0 aromatic heterocycles. The van der Waals surface area contributed by atoms with E-state index in [1.807, 2.05) is 4.90 Å². The summed E-state index contributed by atoms with van der Waals surface area (Å²) in [5.74, 6) is 0. The summed E-state index contributed by atoms with van der Waals surface area (Å²) in [5, 5.41) is 19.9. The van der Waals surface area contributed by atoms with E-state index < -0.39 is 4.92 Å². The van der Waals surface area contributed by atoms with Crippen LogP contribution in [0.25, 0.3) is 0 Å². The highest BCUT2D eigenvalue weighted by atomic mass is 16.6. The Morgan fingerprint density at radius 1 is 1.56 bits per heavy atom. The van der Waals surface area contributed by atoms with Gasteiger partial charge >= 0.3 is 0 Å². The molecule has 0 aliphatic carbocycles. The van der Waals surface area contributed by atoms with Crippen molar-refractivity contribution in [3.05, 3.63) is 33.9 Å². The van der Waals surface area contributed by atoms with Gasteiger partial charge in [0.1, 0.15) is 0 Å². The summed E-state index contributed by atoms with van der Waals surface area (Å²) in [5.41, 5.74) is 0.859. The molecule has 6 nitrogen and oxygen atoms in total. The number of nitro benzene ring substituents is 1. The second kappa shape index (κ2) is 5.14. The second-order valence-electron chi connectivity index (χ2n) is 4.29. The predicted molar refractivity (Wildman–Crippen MR) is 65.9 cm³/mol. The van der Waals surface area contributed by atoms with Crippen LogP contribution >= 0.6 is 0 Å².